The zero-order valence-corrected chi connectivity index (χ0v) is 17.6. The van der Waals surface area contributed by atoms with E-state index in [9.17, 15) is 14.9 Å². The second-order valence-electron chi connectivity index (χ2n) is 7.27. The van der Waals surface area contributed by atoms with E-state index in [1.165, 1.54) is 4.90 Å². The number of amides is 2. The molecule has 1 fully saturated rings. The first-order chi connectivity index (χ1) is 15.6. The van der Waals surface area contributed by atoms with Crippen molar-refractivity contribution in [3.05, 3.63) is 101 Å². The van der Waals surface area contributed by atoms with Crippen LogP contribution in [-0.4, -0.2) is 16.0 Å². The molecule has 3 aromatic carbocycles. The van der Waals surface area contributed by atoms with E-state index >= 15 is 0 Å². The summed E-state index contributed by atoms with van der Waals surface area (Å²) in [6, 6.07) is 26.5. The molecule has 1 aliphatic heterocycles. The maximum atomic E-state index is 13.0. The van der Waals surface area contributed by atoms with E-state index in [4.69, 9.17) is 4.42 Å². The predicted octanol–water partition coefficient (Wildman–Crippen LogP) is 6.21. The number of rotatable bonds is 4. The number of imide groups is 1. The number of fused-ring (bicyclic) bond motifs is 1. The SMILES string of the molecule is N#Cc1ccccc1-c1ccc(/C=C2\SC(=O)N(Cc3cccc4ccccc34)C2=O)o1. The Hall–Kier alpha value is -4.08. The fraction of sp³-hybridized carbons (Fsp3) is 0.0385. The molecule has 0 atom stereocenters. The van der Waals surface area contributed by atoms with Crippen molar-refractivity contribution in [3.8, 4) is 17.4 Å². The molecule has 2 heterocycles. The molecule has 1 aromatic heterocycles. The molecule has 5 nitrogen and oxygen atoms in total. The van der Waals surface area contributed by atoms with Crippen LogP contribution in [0.3, 0.4) is 0 Å². The van der Waals surface area contributed by atoms with Crippen molar-refractivity contribution in [2.45, 2.75) is 6.54 Å². The van der Waals surface area contributed by atoms with E-state index in [1.54, 1.807) is 36.4 Å². The van der Waals surface area contributed by atoms with Crippen molar-refractivity contribution in [2.75, 3.05) is 0 Å². The summed E-state index contributed by atoms with van der Waals surface area (Å²) in [7, 11) is 0. The van der Waals surface area contributed by atoms with Crippen molar-refractivity contribution in [1.82, 2.24) is 4.90 Å². The molecule has 0 unspecified atom stereocenters. The summed E-state index contributed by atoms with van der Waals surface area (Å²) in [5, 5.41) is 11.1. The minimum absolute atomic E-state index is 0.211. The normalized spacial score (nSPS) is 15.0. The molecule has 154 valence electrons. The van der Waals surface area contributed by atoms with Crippen molar-refractivity contribution in [2.24, 2.45) is 0 Å². The van der Waals surface area contributed by atoms with Crippen molar-refractivity contribution >= 4 is 39.8 Å². The van der Waals surface area contributed by atoms with Crippen LogP contribution < -0.4 is 0 Å². The van der Waals surface area contributed by atoms with Crippen LogP contribution in [0.15, 0.2) is 88.2 Å². The second-order valence-corrected chi connectivity index (χ2v) is 8.26. The van der Waals surface area contributed by atoms with Gasteiger partial charge in [-0.25, -0.2) is 0 Å². The van der Waals surface area contributed by atoms with Crippen molar-refractivity contribution in [3.63, 3.8) is 0 Å². The lowest BCUT2D eigenvalue weighted by molar-refractivity contribution is -0.123. The van der Waals surface area contributed by atoms with Crippen LogP contribution in [0.2, 0.25) is 0 Å². The van der Waals surface area contributed by atoms with Crippen LogP contribution in [0.25, 0.3) is 28.2 Å². The molecule has 5 rings (SSSR count). The van der Waals surface area contributed by atoms with E-state index in [0.717, 1.165) is 28.1 Å². The smallest absolute Gasteiger partial charge is 0.293 e. The van der Waals surface area contributed by atoms with Gasteiger partial charge >= 0.3 is 0 Å². The van der Waals surface area contributed by atoms with E-state index in [2.05, 4.69) is 6.07 Å². The standard InChI is InChI=1S/C26H16N2O3S/c27-15-18-7-2-4-11-22(18)23-13-12-20(31-23)14-24-25(29)28(26(30)32-24)16-19-9-5-8-17-6-1-3-10-21(17)19/h1-14H,16H2/b24-14-. The number of thioether (sulfide) groups is 1. The Kier molecular flexibility index (Phi) is 5.10. The summed E-state index contributed by atoms with van der Waals surface area (Å²) in [5.74, 6) is 0.634. The zero-order chi connectivity index (χ0) is 22.1. The van der Waals surface area contributed by atoms with Gasteiger partial charge < -0.3 is 4.42 Å². The van der Waals surface area contributed by atoms with Gasteiger partial charge in [-0.05, 0) is 52.4 Å². The van der Waals surface area contributed by atoms with E-state index in [0.29, 0.717) is 27.6 Å². The molecule has 0 radical (unpaired) electrons. The van der Waals surface area contributed by atoms with E-state index < -0.39 is 0 Å². The average molecular weight is 436 g/mol. The number of nitriles is 1. The minimum Gasteiger partial charge on any atom is -0.457 e. The topological polar surface area (TPSA) is 74.3 Å². The Morgan fingerprint density at radius 3 is 2.59 bits per heavy atom. The van der Waals surface area contributed by atoms with Crippen LogP contribution in [-0.2, 0) is 11.3 Å². The average Bonchev–Trinajstić information content (AvgIpc) is 3.39. The molecule has 4 aromatic rings. The first-order valence-corrected chi connectivity index (χ1v) is 10.8. The molecule has 2 amide bonds. The van der Waals surface area contributed by atoms with Gasteiger partial charge in [0.15, 0.2) is 0 Å². The maximum absolute atomic E-state index is 13.0. The molecule has 0 bridgehead atoms. The molecule has 0 N–H and O–H groups in total. The summed E-state index contributed by atoms with van der Waals surface area (Å²) in [6.45, 7) is 0.211. The van der Waals surface area contributed by atoms with Crippen LogP contribution >= 0.6 is 11.8 Å². The van der Waals surface area contributed by atoms with Gasteiger partial charge in [-0.2, -0.15) is 5.26 Å². The molecular formula is C26H16N2O3S. The van der Waals surface area contributed by atoms with Crippen molar-refractivity contribution in [1.29, 1.82) is 5.26 Å². The number of hydrogen-bond donors (Lipinski definition) is 0. The fourth-order valence-electron chi connectivity index (χ4n) is 3.74. The van der Waals surface area contributed by atoms with Gasteiger partial charge in [-0.15, -0.1) is 0 Å². The minimum atomic E-state index is -0.344. The van der Waals surface area contributed by atoms with Gasteiger partial charge in [0.05, 0.1) is 23.1 Å². The number of carbonyl (C=O) groups excluding carboxylic acids is 2. The Morgan fingerprint density at radius 1 is 0.938 bits per heavy atom. The number of furan rings is 1. The zero-order valence-electron chi connectivity index (χ0n) is 16.8. The van der Waals surface area contributed by atoms with Crippen LogP contribution in [0.1, 0.15) is 16.9 Å². The summed E-state index contributed by atoms with van der Waals surface area (Å²) in [6.07, 6.45) is 1.58. The van der Waals surface area contributed by atoms with Gasteiger partial charge in [-0.1, -0.05) is 54.6 Å². The van der Waals surface area contributed by atoms with E-state index in [-0.39, 0.29) is 17.7 Å². The third kappa shape index (κ3) is 3.59. The highest BCUT2D eigenvalue weighted by atomic mass is 32.2. The van der Waals surface area contributed by atoms with Crippen LogP contribution in [0.4, 0.5) is 4.79 Å². The summed E-state index contributed by atoms with van der Waals surface area (Å²) in [4.78, 5) is 27.1. The number of nitrogens with zero attached hydrogens (tertiary/aromatic N) is 2. The van der Waals surface area contributed by atoms with Crippen LogP contribution in [0.5, 0.6) is 0 Å². The summed E-state index contributed by atoms with van der Waals surface area (Å²) >= 11 is 0.900. The molecule has 0 saturated carbocycles. The highest BCUT2D eigenvalue weighted by Crippen LogP contribution is 2.35. The maximum Gasteiger partial charge on any atom is 0.293 e. The first kappa shape index (κ1) is 19.9. The summed E-state index contributed by atoms with van der Waals surface area (Å²) in [5.41, 5.74) is 2.10. The Balaban J connectivity index is 1.41. The molecule has 1 saturated heterocycles. The Morgan fingerprint density at radius 2 is 1.72 bits per heavy atom. The number of carbonyl (C=O) groups is 2. The van der Waals surface area contributed by atoms with Gasteiger partial charge in [0.1, 0.15) is 11.5 Å². The van der Waals surface area contributed by atoms with Crippen molar-refractivity contribution < 1.29 is 14.0 Å². The van der Waals surface area contributed by atoms with Gasteiger partial charge in [0.2, 0.25) is 0 Å². The molecule has 6 heteroatoms. The molecule has 0 aliphatic carbocycles. The Labute approximate surface area is 188 Å². The van der Waals surface area contributed by atoms with E-state index in [1.807, 2.05) is 48.5 Å². The number of hydrogen-bond acceptors (Lipinski definition) is 5. The molecular weight excluding hydrogens is 420 g/mol. The highest BCUT2D eigenvalue weighted by molar-refractivity contribution is 8.18. The fourth-order valence-corrected chi connectivity index (χ4v) is 4.56. The van der Waals surface area contributed by atoms with Gasteiger partial charge in [0.25, 0.3) is 11.1 Å². The highest BCUT2D eigenvalue weighted by Gasteiger charge is 2.35. The third-order valence-electron chi connectivity index (χ3n) is 5.30. The second kappa shape index (κ2) is 8.22. The van der Waals surface area contributed by atoms with Gasteiger partial charge in [-0.3, -0.25) is 14.5 Å². The lowest BCUT2D eigenvalue weighted by Crippen LogP contribution is -2.27. The molecule has 32 heavy (non-hydrogen) atoms. The largest absolute Gasteiger partial charge is 0.457 e. The predicted molar refractivity (Wildman–Crippen MR) is 124 cm³/mol. The quantitative estimate of drug-likeness (QED) is 0.356. The molecule has 0 spiro atoms. The lowest BCUT2D eigenvalue weighted by atomic mass is 10.0. The third-order valence-corrected chi connectivity index (χ3v) is 6.20. The monoisotopic (exact) mass is 436 g/mol. The van der Waals surface area contributed by atoms with Crippen LogP contribution in [0, 0.1) is 11.3 Å². The first-order valence-electron chi connectivity index (χ1n) is 9.95. The summed E-state index contributed by atoms with van der Waals surface area (Å²) < 4.78 is 5.85. The molecule has 1 aliphatic rings. The van der Waals surface area contributed by atoms with Gasteiger partial charge in [0, 0.05) is 11.6 Å². The number of benzene rings is 3. The Bertz CT molecular complexity index is 1440. The lowest BCUT2D eigenvalue weighted by Gasteiger charge is -2.14.